The first-order valence-corrected chi connectivity index (χ1v) is 8.39. The second kappa shape index (κ2) is 8.62. The van der Waals surface area contributed by atoms with Gasteiger partial charge in [0.25, 0.3) is 11.8 Å². The van der Waals surface area contributed by atoms with Crippen molar-refractivity contribution in [2.75, 3.05) is 12.4 Å². The average Bonchev–Trinajstić information content (AvgIpc) is 2.73. The van der Waals surface area contributed by atoms with Crippen LogP contribution in [0, 0.1) is 0 Å². The molecule has 0 spiro atoms. The van der Waals surface area contributed by atoms with E-state index in [0.717, 1.165) is 5.56 Å². The van der Waals surface area contributed by atoms with Crippen molar-refractivity contribution < 1.29 is 14.3 Å². The molecule has 0 fully saturated rings. The summed E-state index contributed by atoms with van der Waals surface area (Å²) < 4.78 is 5.09. The molecule has 2 amide bonds. The molecular formula is C21H19N3O3. The Bertz CT molecular complexity index is 925. The fourth-order valence-corrected chi connectivity index (χ4v) is 2.44. The Morgan fingerprint density at radius 3 is 2.41 bits per heavy atom. The zero-order valence-corrected chi connectivity index (χ0v) is 14.8. The van der Waals surface area contributed by atoms with Crippen molar-refractivity contribution in [3.63, 3.8) is 0 Å². The van der Waals surface area contributed by atoms with E-state index in [1.54, 1.807) is 37.4 Å². The van der Waals surface area contributed by atoms with Gasteiger partial charge < -0.3 is 15.4 Å². The summed E-state index contributed by atoms with van der Waals surface area (Å²) in [6.07, 6.45) is 1.44. The summed E-state index contributed by atoms with van der Waals surface area (Å²) in [4.78, 5) is 28.8. The van der Waals surface area contributed by atoms with Crippen LogP contribution < -0.4 is 15.4 Å². The van der Waals surface area contributed by atoms with E-state index < -0.39 is 0 Å². The Morgan fingerprint density at radius 1 is 0.963 bits per heavy atom. The summed E-state index contributed by atoms with van der Waals surface area (Å²) in [5, 5.41) is 5.58. The lowest BCUT2D eigenvalue weighted by Gasteiger charge is -2.08. The fourth-order valence-electron chi connectivity index (χ4n) is 2.44. The summed E-state index contributed by atoms with van der Waals surface area (Å²) in [5.41, 5.74) is 2.16. The highest BCUT2D eigenvalue weighted by molar-refractivity contribution is 6.05. The molecule has 0 unspecified atom stereocenters. The number of carbonyl (C=O) groups excluding carboxylic acids is 2. The molecule has 136 valence electrons. The minimum Gasteiger partial charge on any atom is -0.497 e. The Kier molecular flexibility index (Phi) is 5.79. The third-order valence-corrected chi connectivity index (χ3v) is 3.90. The quantitative estimate of drug-likeness (QED) is 0.706. The van der Waals surface area contributed by atoms with Crippen LogP contribution in [0.2, 0.25) is 0 Å². The lowest BCUT2D eigenvalue weighted by atomic mass is 10.2. The van der Waals surface area contributed by atoms with Crippen molar-refractivity contribution in [2.24, 2.45) is 0 Å². The van der Waals surface area contributed by atoms with Gasteiger partial charge in [-0.05, 0) is 42.0 Å². The number of carbonyl (C=O) groups is 2. The Balaban J connectivity index is 1.64. The molecule has 0 saturated carbocycles. The van der Waals surface area contributed by atoms with E-state index in [-0.39, 0.29) is 17.5 Å². The summed E-state index contributed by atoms with van der Waals surface area (Å²) in [6, 6.07) is 19.6. The molecule has 0 saturated heterocycles. The van der Waals surface area contributed by atoms with Crippen molar-refractivity contribution >= 4 is 17.5 Å². The van der Waals surface area contributed by atoms with Crippen LogP contribution in [0.15, 0.2) is 72.9 Å². The molecule has 0 atom stereocenters. The van der Waals surface area contributed by atoms with Gasteiger partial charge in [-0.25, -0.2) is 0 Å². The predicted octanol–water partition coefficient (Wildman–Crippen LogP) is 3.27. The summed E-state index contributed by atoms with van der Waals surface area (Å²) in [6.45, 7) is 0.392. The van der Waals surface area contributed by atoms with Crippen molar-refractivity contribution in [2.45, 2.75) is 6.54 Å². The summed E-state index contributed by atoms with van der Waals surface area (Å²) in [7, 11) is 1.58. The van der Waals surface area contributed by atoms with E-state index in [1.807, 2.05) is 30.3 Å². The molecule has 2 N–H and O–H groups in total. The van der Waals surface area contributed by atoms with Gasteiger partial charge in [-0.3, -0.25) is 14.6 Å². The van der Waals surface area contributed by atoms with E-state index in [9.17, 15) is 9.59 Å². The Labute approximate surface area is 157 Å². The molecule has 0 radical (unpaired) electrons. The first kappa shape index (κ1) is 18.1. The highest BCUT2D eigenvalue weighted by atomic mass is 16.5. The molecule has 1 heterocycles. The van der Waals surface area contributed by atoms with Crippen molar-refractivity contribution in [3.8, 4) is 5.75 Å². The SMILES string of the molecule is COc1ccc(NC(=O)c2ccnc(C(=O)NCc3ccccc3)c2)cc1. The molecule has 0 bridgehead atoms. The average molecular weight is 361 g/mol. The maximum Gasteiger partial charge on any atom is 0.270 e. The van der Waals surface area contributed by atoms with Gasteiger partial charge in [0.1, 0.15) is 11.4 Å². The Hall–Kier alpha value is -3.67. The van der Waals surface area contributed by atoms with Crippen molar-refractivity contribution in [3.05, 3.63) is 89.7 Å². The normalized spacial score (nSPS) is 10.1. The molecule has 0 aliphatic heterocycles. The van der Waals surface area contributed by atoms with Crippen molar-refractivity contribution in [1.29, 1.82) is 0 Å². The van der Waals surface area contributed by atoms with Crippen LogP contribution in [-0.2, 0) is 6.54 Å². The molecule has 6 nitrogen and oxygen atoms in total. The van der Waals surface area contributed by atoms with Gasteiger partial charge in [0.2, 0.25) is 0 Å². The highest BCUT2D eigenvalue weighted by Crippen LogP contribution is 2.16. The van der Waals surface area contributed by atoms with Gasteiger partial charge >= 0.3 is 0 Å². The number of amides is 2. The first-order chi connectivity index (χ1) is 13.2. The van der Waals surface area contributed by atoms with Crippen LogP contribution in [0.3, 0.4) is 0 Å². The van der Waals surface area contributed by atoms with E-state index in [2.05, 4.69) is 15.6 Å². The molecule has 0 aliphatic rings. The van der Waals surface area contributed by atoms with Crippen molar-refractivity contribution in [1.82, 2.24) is 10.3 Å². The van der Waals surface area contributed by atoms with Crippen LogP contribution in [0.1, 0.15) is 26.4 Å². The molecule has 2 aromatic carbocycles. The topological polar surface area (TPSA) is 80.3 Å². The van der Waals surface area contributed by atoms with Crippen LogP contribution in [0.25, 0.3) is 0 Å². The Morgan fingerprint density at radius 2 is 1.70 bits per heavy atom. The van der Waals surface area contributed by atoms with Crippen LogP contribution in [0.4, 0.5) is 5.69 Å². The van der Waals surface area contributed by atoms with E-state index >= 15 is 0 Å². The summed E-state index contributed by atoms with van der Waals surface area (Å²) >= 11 is 0. The number of pyridine rings is 1. The molecular weight excluding hydrogens is 342 g/mol. The van der Waals surface area contributed by atoms with Gasteiger partial charge in [-0.1, -0.05) is 30.3 Å². The van der Waals surface area contributed by atoms with Crippen LogP contribution >= 0.6 is 0 Å². The zero-order chi connectivity index (χ0) is 19.1. The second-order valence-corrected chi connectivity index (χ2v) is 5.78. The minimum absolute atomic E-state index is 0.188. The first-order valence-electron chi connectivity index (χ1n) is 8.39. The third-order valence-electron chi connectivity index (χ3n) is 3.90. The zero-order valence-electron chi connectivity index (χ0n) is 14.8. The molecule has 6 heteroatoms. The van der Waals surface area contributed by atoms with Gasteiger partial charge in [0, 0.05) is 24.0 Å². The third kappa shape index (κ3) is 4.92. The maximum absolute atomic E-state index is 12.4. The number of hydrogen-bond donors (Lipinski definition) is 2. The lowest BCUT2D eigenvalue weighted by molar-refractivity contribution is 0.0946. The number of hydrogen-bond acceptors (Lipinski definition) is 4. The second-order valence-electron chi connectivity index (χ2n) is 5.78. The standard InChI is InChI=1S/C21H19N3O3/c1-27-18-9-7-17(8-10-18)24-20(25)16-11-12-22-19(13-16)21(26)23-14-15-5-3-2-4-6-15/h2-13H,14H2,1H3,(H,23,26)(H,24,25). The smallest absolute Gasteiger partial charge is 0.270 e. The molecule has 3 rings (SSSR count). The lowest BCUT2D eigenvalue weighted by Crippen LogP contribution is -2.24. The number of anilines is 1. The summed E-state index contributed by atoms with van der Waals surface area (Å²) in [5.74, 6) is 0.0481. The number of methoxy groups -OCH3 is 1. The van der Waals surface area contributed by atoms with Crippen LogP contribution in [0.5, 0.6) is 5.75 Å². The van der Waals surface area contributed by atoms with E-state index in [4.69, 9.17) is 4.74 Å². The number of aromatic nitrogens is 1. The van der Waals surface area contributed by atoms with Crippen LogP contribution in [-0.4, -0.2) is 23.9 Å². The predicted molar refractivity (Wildman–Crippen MR) is 103 cm³/mol. The highest BCUT2D eigenvalue weighted by Gasteiger charge is 2.12. The maximum atomic E-state index is 12.4. The molecule has 27 heavy (non-hydrogen) atoms. The largest absolute Gasteiger partial charge is 0.497 e. The van der Waals surface area contributed by atoms with Gasteiger partial charge in [-0.15, -0.1) is 0 Å². The monoisotopic (exact) mass is 361 g/mol. The van der Waals surface area contributed by atoms with Gasteiger partial charge in [0.05, 0.1) is 7.11 Å². The molecule has 1 aromatic heterocycles. The molecule has 3 aromatic rings. The number of rotatable bonds is 6. The number of benzene rings is 2. The fraction of sp³-hybridized carbons (Fsp3) is 0.0952. The van der Waals surface area contributed by atoms with Gasteiger partial charge in [0.15, 0.2) is 0 Å². The number of ether oxygens (including phenoxy) is 1. The van der Waals surface area contributed by atoms with E-state index in [1.165, 1.54) is 12.3 Å². The minimum atomic E-state index is -0.335. The number of nitrogens with one attached hydrogen (secondary N) is 2. The van der Waals surface area contributed by atoms with Gasteiger partial charge in [-0.2, -0.15) is 0 Å². The molecule has 0 aliphatic carbocycles. The number of nitrogens with zero attached hydrogens (tertiary/aromatic N) is 1. The van der Waals surface area contributed by atoms with E-state index in [0.29, 0.717) is 23.5 Å².